The van der Waals surface area contributed by atoms with Crippen LogP contribution in [0.1, 0.15) is 42.5 Å². The molecule has 0 radical (unpaired) electrons. The first-order valence-electron chi connectivity index (χ1n) is 5.80. The summed E-state index contributed by atoms with van der Waals surface area (Å²) in [5.74, 6) is 0.891. The maximum absolute atomic E-state index is 12.1. The number of nitrogen functional groups attached to an aromatic ring is 1. The van der Waals surface area contributed by atoms with Crippen molar-refractivity contribution in [3.63, 3.8) is 0 Å². The molecular weight excluding hydrogens is 202 g/mol. The second-order valence-corrected chi connectivity index (χ2v) is 4.85. The number of benzene rings is 1. The Morgan fingerprint density at radius 3 is 2.75 bits per heavy atom. The summed E-state index contributed by atoms with van der Waals surface area (Å²) in [4.78, 5) is 12.1. The van der Waals surface area contributed by atoms with E-state index in [1.54, 1.807) is 12.1 Å². The molecule has 0 unspecified atom stereocenters. The van der Waals surface area contributed by atoms with Crippen LogP contribution in [0.5, 0.6) is 5.75 Å². The van der Waals surface area contributed by atoms with E-state index in [-0.39, 0.29) is 11.4 Å². The Morgan fingerprint density at radius 2 is 2.00 bits per heavy atom. The zero-order valence-corrected chi connectivity index (χ0v) is 9.16. The van der Waals surface area contributed by atoms with Gasteiger partial charge < -0.3 is 10.5 Å². The molecule has 2 N–H and O–H groups in total. The predicted molar refractivity (Wildman–Crippen MR) is 61.6 cm³/mol. The minimum atomic E-state index is -0.208. The van der Waals surface area contributed by atoms with E-state index in [4.69, 9.17) is 10.5 Å². The first-order valence-corrected chi connectivity index (χ1v) is 5.80. The minimum Gasteiger partial charge on any atom is -0.486 e. The number of ether oxygens (including phenoxy) is 1. The maximum atomic E-state index is 12.1. The van der Waals surface area contributed by atoms with Gasteiger partial charge in [0.05, 0.1) is 12.0 Å². The number of anilines is 1. The normalized spacial score (nSPS) is 21.9. The third-order valence-electron chi connectivity index (χ3n) is 3.63. The Hall–Kier alpha value is -1.51. The average molecular weight is 217 g/mol. The van der Waals surface area contributed by atoms with Crippen LogP contribution in [0.3, 0.4) is 0 Å². The van der Waals surface area contributed by atoms with E-state index in [0.717, 1.165) is 25.7 Å². The molecule has 1 aliphatic heterocycles. The highest BCUT2D eigenvalue weighted by atomic mass is 16.5. The molecule has 2 aliphatic rings. The number of carbonyl (C=O) groups is 1. The molecule has 1 saturated carbocycles. The van der Waals surface area contributed by atoms with Crippen LogP contribution in [0.15, 0.2) is 18.2 Å². The predicted octanol–water partition coefficient (Wildman–Crippen LogP) is 2.55. The van der Waals surface area contributed by atoms with E-state index in [1.165, 1.54) is 0 Å². The molecule has 1 aromatic carbocycles. The van der Waals surface area contributed by atoms with Crippen molar-refractivity contribution in [1.29, 1.82) is 0 Å². The Morgan fingerprint density at radius 1 is 1.25 bits per heavy atom. The van der Waals surface area contributed by atoms with Gasteiger partial charge in [-0.05, 0) is 43.9 Å². The van der Waals surface area contributed by atoms with Gasteiger partial charge in [0, 0.05) is 5.69 Å². The van der Waals surface area contributed by atoms with Crippen LogP contribution in [0, 0.1) is 0 Å². The van der Waals surface area contributed by atoms with Gasteiger partial charge in [0.1, 0.15) is 11.4 Å². The van der Waals surface area contributed by atoms with Crippen molar-refractivity contribution in [2.24, 2.45) is 0 Å². The standard InChI is InChI=1S/C13H15NO2/c14-9-3-4-12-10(7-9)11(15)8-13(16-12)5-1-2-6-13/h3-4,7H,1-2,5-6,8,14H2. The third-order valence-corrected chi connectivity index (χ3v) is 3.63. The second kappa shape index (κ2) is 3.24. The number of fused-ring (bicyclic) bond motifs is 1. The topological polar surface area (TPSA) is 52.3 Å². The van der Waals surface area contributed by atoms with Gasteiger partial charge in [0.15, 0.2) is 5.78 Å². The van der Waals surface area contributed by atoms with Crippen molar-refractivity contribution in [1.82, 2.24) is 0 Å². The summed E-state index contributed by atoms with van der Waals surface area (Å²) in [5.41, 5.74) is 6.75. The Balaban J connectivity index is 2.02. The number of hydrogen-bond acceptors (Lipinski definition) is 3. The van der Waals surface area contributed by atoms with E-state index in [2.05, 4.69) is 0 Å². The minimum absolute atomic E-state index is 0.176. The lowest BCUT2D eigenvalue weighted by molar-refractivity contribution is 0.0451. The molecule has 16 heavy (non-hydrogen) atoms. The van der Waals surface area contributed by atoms with Gasteiger partial charge in [-0.25, -0.2) is 0 Å². The van der Waals surface area contributed by atoms with Crippen molar-refractivity contribution in [3.8, 4) is 5.75 Å². The van der Waals surface area contributed by atoms with Gasteiger partial charge in [-0.3, -0.25) is 4.79 Å². The Labute approximate surface area is 94.6 Å². The first kappa shape index (κ1) is 9.70. The highest BCUT2D eigenvalue weighted by Crippen LogP contribution is 2.43. The lowest BCUT2D eigenvalue weighted by Crippen LogP contribution is -2.39. The summed E-state index contributed by atoms with van der Waals surface area (Å²) in [6.45, 7) is 0. The zero-order valence-electron chi connectivity index (χ0n) is 9.16. The highest BCUT2D eigenvalue weighted by Gasteiger charge is 2.42. The van der Waals surface area contributed by atoms with Crippen LogP contribution >= 0.6 is 0 Å². The lowest BCUT2D eigenvalue weighted by atomic mass is 9.88. The number of rotatable bonds is 0. The van der Waals surface area contributed by atoms with E-state index in [1.807, 2.05) is 6.07 Å². The molecular formula is C13H15NO2. The summed E-state index contributed by atoms with van der Waals surface area (Å²) in [7, 11) is 0. The van der Waals surface area contributed by atoms with Crippen LogP contribution in [-0.2, 0) is 0 Å². The third kappa shape index (κ3) is 1.39. The van der Waals surface area contributed by atoms with Crippen LogP contribution in [0.4, 0.5) is 5.69 Å². The van der Waals surface area contributed by atoms with Gasteiger partial charge >= 0.3 is 0 Å². The molecule has 1 heterocycles. The fourth-order valence-electron chi connectivity index (χ4n) is 2.81. The summed E-state index contributed by atoms with van der Waals surface area (Å²) < 4.78 is 6.03. The molecule has 1 fully saturated rings. The number of ketones is 1. The molecule has 0 saturated heterocycles. The van der Waals surface area contributed by atoms with Crippen LogP contribution in [0.2, 0.25) is 0 Å². The molecule has 3 heteroatoms. The number of hydrogen-bond donors (Lipinski definition) is 1. The molecule has 0 aromatic heterocycles. The van der Waals surface area contributed by atoms with Gasteiger partial charge in [-0.2, -0.15) is 0 Å². The number of carbonyl (C=O) groups excluding carboxylic acids is 1. The zero-order chi connectivity index (χ0) is 11.2. The largest absolute Gasteiger partial charge is 0.486 e. The highest BCUT2D eigenvalue weighted by molar-refractivity contribution is 6.01. The fraction of sp³-hybridized carbons (Fsp3) is 0.462. The molecule has 3 rings (SSSR count). The van der Waals surface area contributed by atoms with Crippen LogP contribution < -0.4 is 10.5 Å². The molecule has 1 spiro atoms. The summed E-state index contributed by atoms with van der Waals surface area (Å²) in [5, 5.41) is 0. The molecule has 0 bridgehead atoms. The van der Waals surface area contributed by atoms with Gasteiger partial charge in [0.25, 0.3) is 0 Å². The van der Waals surface area contributed by atoms with E-state index in [0.29, 0.717) is 23.4 Å². The van der Waals surface area contributed by atoms with E-state index < -0.39 is 0 Å². The van der Waals surface area contributed by atoms with Gasteiger partial charge in [0.2, 0.25) is 0 Å². The maximum Gasteiger partial charge on any atom is 0.170 e. The second-order valence-electron chi connectivity index (χ2n) is 4.85. The molecule has 1 aliphatic carbocycles. The molecule has 1 aromatic rings. The van der Waals surface area contributed by atoms with Crippen LogP contribution in [0.25, 0.3) is 0 Å². The quantitative estimate of drug-likeness (QED) is 0.679. The average Bonchev–Trinajstić information content (AvgIpc) is 2.68. The summed E-state index contributed by atoms with van der Waals surface area (Å²) in [6.07, 6.45) is 4.85. The van der Waals surface area contributed by atoms with Gasteiger partial charge in [-0.1, -0.05) is 0 Å². The monoisotopic (exact) mass is 217 g/mol. The van der Waals surface area contributed by atoms with Gasteiger partial charge in [-0.15, -0.1) is 0 Å². The smallest absolute Gasteiger partial charge is 0.170 e. The first-order chi connectivity index (χ1) is 7.69. The lowest BCUT2D eigenvalue weighted by Gasteiger charge is -2.34. The van der Waals surface area contributed by atoms with Crippen molar-refractivity contribution in [2.45, 2.75) is 37.7 Å². The van der Waals surface area contributed by atoms with Crippen molar-refractivity contribution in [2.75, 3.05) is 5.73 Å². The SMILES string of the molecule is Nc1ccc2c(c1)C(=O)CC1(CCCC1)O2. The van der Waals surface area contributed by atoms with Crippen LogP contribution in [-0.4, -0.2) is 11.4 Å². The number of nitrogens with two attached hydrogens (primary N) is 1. The Bertz CT molecular complexity index is 447. The molecule has 0 atom stereocenters. The van der Waals surface area contributed by atoms with E-state index in [9.17, 15) is 4.79 Å². The van der Waals surface area contributed by atoms with Crippen molar-refractivity contribution < 1.29 is 9.53 Å². The van der Waals surface area contributed by atoms with Crippen molar-refractivity contribution >= 4 is 11.5 Å². The summed E-state index contributed by atoms with van der Waals surface area (Å²) in [6, 6.07) is 5.33. The summed E-state index contributed by atoms with van der Waals surface area (Å²) >= 11 is 0. The molecule has 84 valence electrons. The van der Waals surface area contributed by atoms with Crippen molar-refractivity contribution in [3.05, 3.63) is 23.8 Å². The van der Waals surface area contributed by atoms with E-state index >= 15 is 0 Å². The number of Topliss-reactive ketones (excluding diaryl/α,β-unsaturated/α-hetero) is 1. The molecule has 0 amide bonds. The fourth-order valence-corrected chi connectivity index (χ4v) is 2.81. The molecule has 3 nitrogen and oxygen atoms in total. The Kier molecular flexibility index (Phi) is 1.96.